The lowest BCUT2D eigenvalue weighted by Gasteiger charge is -2.04. The van der Waals surface area contributed by atoms with E-state index in [1.165, 1.54) is 5.56 Å². The van der Waals surface area contributed by atoms with Crippen molar-refractivity contribution in [2.24, 2.45) is 0 Å². The van der Waals surface area contributed by atoms with Crippen molar-refractivity contribution in [1.82, 2.24) is 9.78 Å². The molecule has 0 unspecified atom stereocenters. The quantitative estimate of drug-likeness (QED) is 0.735. The molecule has 3 nitrogen and oxygen atoms in total. The van der Waals surface area contributed by atoms with Crippen molar-refractivity contribution in [3.8, 4) is 0 Å². The molecule has 0 N–H and O–H groups in total. The molecule has 82 valence electrons. The molecular formula is C13H14N2O. The van der Waals surface area contributed by atoms with Gasteiger partial charge in [-0.05, 0) is 19.4 Å². The Morgan fingerprint density at radius 2 is 1.94 bits per heavy atom. The standard InChI is InChI=1S/C13H14N2O/c1-10-13(9-16)11(2)15(14-10)8-12-6-4-3-5-7-12/h3-7,9H,8H2,1-2H3. The zero-order valence-corrected chi connectivity index (χ0v) is 9.47. The molecule has 1 heterocycles. The summed E-state index contributed by atoms with van der Waals surface area (Å²) in [7, 11) is 0. The van der Waals surface area contributed by atoms with Gasteiger partial charge in [-0.25, -0.2) is 0 Å². The van der Waals surface area contributed by atoms with Crippen LogP contribution in [0.15, 0.2) is 30.3 Å². The van der Waals surface area contributed by atoms with E-state index in [9.17, 15) is 4.79 Å². The first kappa shape index (κ1) is 10.6. The van der Waals surface area contributed by atoms with Crippen LogP contribution in [0.3, 0.4) is 0 Å². The molecule has 0 saturated carbocycles. The van der Waals surface area contributed by atoms with Crippen LogP contribution in [-0.2, 0) is 6.54 Å². The highest BCUT2D eigenvalue weighted by molar-refractivity contribution is 5.78. The average Bonchev–Trinajstić information content (AvgIpc) is 2.55. The molecule has 1 aromatic heterocycles. The molecule has 0 amide bonds. The molecule has 0 bridgehead atoms. The van der Waals surface area contributed by atoms with Crippen LogP contribution in [0.25, 0.3) is 0 Å². The Kier molecular flexibility index (Phi) is 2.86. The van der Waals surface area contributed by atoms with Gasteiger partial charge in [0.1, 0.15) is 0 Å². The highest BCUT2D eigenvalue weighted by atomic mass is 16.1. The summed E-state index contributed by atoms with van der Waals surface area (Å²) in [5.41, 5.74) is 3.61. The molecule has 1 aromatic carbocycles. The van der Waals surface area contributed by atoms with Gasteiger partial charge >= 0.3 is 0 Å². The molecule has 0 aliphatic heterocycles. The van der Waals surface area contributed by atoms with E-state index < -0.39 is 0 Å². The van der Waals surface area contributed by atoms with E-state index in [0.29, 0.717) is 12.1 Å². The molecular weight excluding hydrogens is 200 g/mol. The van der Waals surface area contributed by atoms with E-state index in [1.807, 2.05) is 36.7 Å². The van der Waals surface area contributed by atoms with Crippen molar-refractivity contribution < 1.29 is 4.79 Å². The molecule has 2 rings (SSSR count). The topological polar surface area (TPSA) is 34.9 Å². The zero-order valence-electron chi connectivity index (χ0n) is 9.47. The van der Waals surface area contributed by atoms with Gasteiger partial charge in [-0.15, -0.1) is 0 Å². The monoisotopic (exact) mass is 214 g/mol. The molecule has 2 aromatic rings. The van der Waals surface area contributed by atoms with Crippen LogP contribution in [-0.4, -0.2) is 16.1 Å². The van der Waals surface area contributed by atoms with Crippen LogP contribution < -0.4 is 0 Å². The van der Waals surface area contributed by atoms with Crippen LogP contribution >= 0.6 is 0 Å². The van der Waals surface area contributed by atoms with Gasteiger partial charge in [0.2, 0.25) is 0 Å². The van der Waals surface area contributed by atoms with Crippen LogP contribution in [0.5, 0.6) is 0 Å². The Hall–Kier alpha value is -1.90. The number of hydrogen-bond acceptors (Lipinski definition) is 2. The zero-order chi connectivity index (χ0) is 11.5. The lowest BCUT2D eigenvalue weighted by molar-refractivity contribution is 0.112. The van der Waals surface area contributed by atoms with Crippen LogP contribution in [0.1, 0.15) is 27.3 Å². The van der Waals surface area contributed by atoms with E-state index in [2.05, 4.69) is 17.2 Å². The fourth-order valence-electron chi connectivity index (χ4n) is 1.79. The number of carbonyl (C=O) groups is 1. The molecule has 3 heteroatoms. The maximum atomic E-state index is 10.9. The van der Waals surface area contributed by atoms with Gasteiger partial charge in [0.15, 0.2) is 6.29 Å². The second-order valence-electron chi connectivity index (χ2n) is 3.85. The summed E-state index contributed by atoms with van der Waals surface area (Å²) in [6, 6.07) is 10.1. The summed E-state index contributed by atoms with van der Waals surface area (Å²) in [4.78, 5) is 10.9. The Morgan fingerprint density at radius 3 is 2.50 bits per heavy atom. The molecule has 0 fully saturated rings. The number of aryl methyl sites for hydroxylation is 1. The third kappa shape index (κ3) is 1.89. The normalized spacial score (nSPS) is 10.4. The van der Waals surface area contributed by atoms with E-state index in [0.717, 1.165) is 17.7 Å². The summed E-state index contributed by atoms with van der Waals surface area (Å²) in [6.07, 6.45) is 0.874. The summed E-state index contributed by atoms with van der Waals surface area (Å²) >= 11 is 0. The summed E-state index contributed by atoms with van der Waals surface area (Å²) in [6.45, 7) is 4.49. The first-order chi connectivity index (χ1) is 7.72. The summed E-state index contributed by atoms with van der Waals surface area (Å²) < 4.78 is 1.87. The SMILES string of the molecule is Cc1nn(Cc2ccccc2)c(C)c1C=O. The first-order valence-corrected chi connectivity index (χ1v) is 5.25. The van der Waals surface area contributed by atoms with E-state index in [4.69, 9.17) is 0 Å². The van der Waals surface area contributed by atoms with E-state index >= 15 is 0 Å². The molecule has 0 spiro atoms. The van der Waals surface area contributed by atoms with Gasteiger partial charge in [0.25, 0.3) is 0 Å². The Balaban J connectivity index is 2.32. The largest absolute Gasteiger partial charge is 0.298 e. The number of aromatic nitrogens is 2. The summed E-state index contributed by atoms with van der Waals surface area (Å²) in [5.74, 6) is 0. The maximum absolute atomic E-state index is 10.9. The minimum absolute atomic E-state index is 0.705. The van der Waals surface area contributed by atoms with Gasteiger partial charge in [0, 0.05) is 5.69 Å². The maximum Gasteiger partial charge on any atom is 0.153 e. The Bertz CT molecular complexity index is 500. The van der Waals surface area contributed by atoms with Gasteiger partial charge in [-0.1, -0.05) is 30.3 Å². The molecule has 0 aliphatic rings. The first-order valence-electron chi connectivity index (χ1n) is 5.25. The number of carbonyl (C=O) groups excluding carboxylic acids is 1. The second kappa shape index (κ2) is 4.31. The smallest absolute Gasteiger partial charge is 0.153 e. The minimum Gasteiger partial charge on any atom is -0.298 e. The lowest BCUT2D eigenvalue weighted by atomic mass is 10.2. The van der Waals surface area contributed by atoms with E-state index in [1.54, 1.807) is 0 Å². The molecule has 0 saturated heterocycles. The van der Waals surface area contributed by atoms with Crippen molar-refractivity contribution in [3.05, 3.63) is 52.8 Å². The number of rotatable bonds is 3. The van der Waals surface area contributed by atoms with Gasteiger partial charge < -0.3 is 0 Å². The Morgan fingerprint density at radius 1 is 1.25 bits per heavy atom. The second-order valence-corrected chi connectivity index (χ2v) is 3.85. The van der Waals surface area contributed by atoms with Crippen molar-refractivity contribution in [1.29, 1.82) is 0 Å². The van der Waals surface area contributed by atoms with Gasteiger partial charge in [-0.2, -0.15) is 5.10 Å². The fraction of sp³-hybridized carbons (Fsp3) is 0.231. The fourth-order valence-corrected chi connectivity index (χ4v) is 1.79. The number of nitrogens with zero attached hydrogens (tertiary/aromatic N) is 2. The van der Waals surface area contributed by atoms with Gasteiger partial charge in [0.05, 0.1) is 17.8 Å². The van der Waals surface area contributed by atoms with E-state index in [-0.39, 0.29) is 0 Å². The molecule has 0 radical (unpaired) electrons. The predicted molar refractivity (Wildman–Crippen MR) is 62.6 cm³/mol. The van der Waals surface area contributed by atoms with Crippen molar-refractivity contribution in [2.75, 3.05) is 0 Å². The van der Waals surface area contributed by atoms with Crippen molar-refractivity contribution >= 4 is 6.29 Å². The number of hydrogen-bond donors (Lipinski definition) is 0. The van der Waals surface area contributed by atoms with Crippen LogP contribution in [0, 0.1) is 13.8 Å². The highest BCUT2D eigenvalue weighted by Gasteiger charge is 2.10. The van der Waals surface area contributed by atoms with Gasteiger partial charge in [-0.3, -0.25) is 9.48 Å². The molecule has 0 atom stereocenters. The summed E-state index contributed by atoms with van der Waals surface area (Å²) in [5, 5.41) is 4.36. The van der Waals surface area contributed by atoms with Crippen molar-refractivity contribution in [3.63, 3.8) is 0 Å². The third-order valence-electron chi connectivity index (χ3n) is 2.73. The van der Waals surface area contributed by atoms with Crippen LogP contribution in [0.2, 0.25) is 0 Å². The highest BCUT2D eigenvalue weighted by Crippen LogP contribution is 2.12. The minimum atomic E-state index is 0.705. The van der Waals surface area contributed by atoms with Crippen LogP contribution in [0.4, 0.5) is 0 Å². The average molecular weight is 214 g/mol. The third-order valence-corrected chi connectivity index (χ3v) is 2.73. The molecule has 0 aliphatic carbocycles. The predicted octanol–water partition coefficient (Wildman–Crippen LogP) is 2.36. The Labute approximate surface area is 94.7 Å². The number of aldehydes is 1. The van der Waals surface area contributed by atoms with Crippen molar-refractivity contribution in [2.45, 2.75) is 20.4 Å². The number of benzene rings is 1. The lowest BCUT2D eigenvalue weighted by Crippen LogP contribution is -2.04. The molecule has 16 heavy (non-hydrogen) atoms.